The Morgan fingerprint density at radius 1 is 1.22 bits per heavy atom. The van der Waals surface area contributed by atoms with Gasteiger partial charge in [0.25, 0.3) is 0 Å². The smallest absolute Gasteiger partial charge is 0.410 e. The predicted octanol–water partition coefficient (Wildman–Crippen LogP) is 3.57. The van der Waals surface area contributed by atoms with Gasteiger partial charge in [0, 0.05) is 29.9 Å². The summed E-state index contributed by atoms with van der Waals surface area (Å²) >= 11 is 0. The number of nitrogens with one attached hydrogen (secondary N) is 1. The Morgan fingerprint density at radius 3 is 2.62 bits per heavy atom. The Hall–Kier alpha value is -2.91. The number of ether oxygens (including phenoxy) is 2. The topological polar surface area (TPSA) is 103 Å². The fourth-order valence-electron chi connectivity index (χ4n) is 3.99. The molecule has 0 spiro atoms. The number of aromatic nitrogens is 2. The molecule has 9 nitrogen and oxygen atoms in total. The third kappa shape index (κ3) is 4.78. The van der Waals surface area contributed by atoms with Crippen molar-refractivity contribution >= 4 is 17.6 Å². The summed E-state index contributed by atoms with van der Waals surface area (Å²) < 4.78 is 11.2. The molecule has 1 saturated heterocycles. The molecule has 0 radical (unpaired) electrons. The van der Waals surface area contributed by atoms with E-state index in [0.717, 1.165) is 29.2 Å². The summed E-state index contributed by atoms with van der Waals surface area (Å²) in [6.07, 6.45) is 0.323. The molecule has 0 bridgehead atoms. The van der Waals surface area contributed by atoms with E-state index in [4.69, 9.17) is 19.4 Å². The third-order valence-electron chi connectivity index (χ3n) is 5.60. The molecule has 0 unspecified atom stereocenters. The molecule has 1 fully saturated rings. The van der Waals surface area contributed by atoms with Crippen LogP contribution in [0.4, 0.5) is 16.3 Å². The van der Waals surface area contributed by atoms with E-state index in [1.165, 1.54) is 0 Å². The van der Waals surface area contributed by atoms with E-state index >= 15 is 0 Å². The molecule has 9 heteroatoms. The molecule has 1 amide bonds. The van der Waals surface area contributed by atoms with Crippen molar-refractivity contribution in [2.24, 2.45) is 0 Å². The van der Waals surface area contributed by atoms with Crippen molar-refractivity contribution in [3.05, 3.63) is 40.7 Å². The number of carbonyl (C=O) groups is 1. The SMILES string of the molecule is C[C@H]1COCCN1c1nc(-c2ccc(N[O-])cc2)nc2c1CCN(C(=O)OC(C)(C)C)C2. The van der Waals surface area contributed by atoms with Crippen LogP contribution in [0.1, 0.15) is 39.0 Å². The zero-order valence-electron chi connectivity index (χ0n) is 19.1. The number of benzene rings is 1. The Bertz CT molecular complexity index is 974. The fraction of sp³-hybridized carbons (Fsp3) is 0.522. The summed E-state index contributed by atoms with van der Waals surface area (Å²) in [5, 5.41) is 10.9. The van der Waals surface area contributed by atoms with Crippen molar-refractivity contribution < 1.29 is 14.3 Å². The van der Waals surface area contributed by atoms with E-state index in [1.54, 1.807) is 17.0 Å². The van der Waals surface area contributed by atoms with Gasteiger partial charge in [-0.3, -0.25) is 0 Å². The van der Waals surface area contributed by atoms with Crippen molar-refractivity contribution in [2.75, 3.05) is 36.7 Å². The van der Waals surface area contributed by atoms with Gasteiger partial charge in [0.05, 0.1) is 31.5 Å². The van der Waals surface area contributed by atoms with Gasteiger partial charge in [-0.05, 0) is 58.4 Å². The van der Waals surface area contributed by atoms with Crippen LogP contribution in [-0.4, -0.2) is 58.9 Å². The molecule has 172 valence electrons. The second-order valence-corrected chi connectivity index (χ2v) is 9.24. The van der Waals surface area contributed by atoms with Crippen molar-refractivity contribution in [1.29, 1.82) is 0 Å². The number of nitrogens with zero attached hydrogens (tertiary/aromatic N) is 4. The van der Waals surface area contributed by atoms with E-state index < -0.39 is 5.60 Å². The average Bonchev–Trinajstić information content (AvgIpc) is 2.77. The van der Waals surface area contributed by atoms with Gasteiger partial charge in [-0.1, -0.05) is 0 Å². The number of morpholine rings is 1. The Labute approximate surface area is 188 Å². The Balaban J connectivity index is 1.72. The first-order valence-corrected chi connectivity index (χ1v) is 11.0. The van der Waals surface area contributed by atoms with Gasteiger partial charge in [0.15, 0.2) is 5.82 Å². The standard InChI is InChI=1S/C23H30N5O4/c1-15-14-31-12-11-28(15)21-18-9-10-27(22(29)32-23(2,3)4)13-19(18)24-20(25-21)16-5-7-17(26-30)8-6-16/h5-8,15,26H,9-14H2,1-4H3/q-1/t15-/m0/s1. The predicted molar refractivity (Wildman–Crippen MR) is 122 cm³/mol. The molecule has 1 atom stereocenters. The van der Waals surface area contributed by atoms with Gasteiger partial charge in [-0.2, -0.15) is 0 Å². The van der Waals surface area contributed by atoms with Crippen LogP contribution < -0.4 is 10.4 Å². The van der Waals surface area contributed by atoms with E-state index in [9.17, 15) is 10.0 Å². The quantitative estimate of drug-likeness (QED) is 0.723. The molecule has 2 aliphatic heterocycles. The van der Waals surface area contributed by atoms with Gasteiger partial charge in [0.2, 0.25) is 0 Å². The van der Waals surface area contributed by atoms with Crippen LogP contribution in [0.2, 0.25) is 0 Å². The van der Waals surface area contributed by atoms with Crippen molar-refractivity contribution in [3.8, 4) is 11.4 Å². The maximum Gasteiger partial charge on any atom is 0.410 e. The first kappa shape index (κ1) is 22.3. The average molecular weight is 441 g/mol. The number of anilines is 2. The second-order valence-electron chi connectivity index (χ2n) is 9.24. The number of fused-ring (bicyclic) bond motifs is 1. The number of carbonyl (C=O) groups excluding carboxylic acids is 1. The Morgan fingerprint density at radius 2 is 1.97 bits per heavy atom. The fourth-order valence-corrected chi connectivity index (χ4v) is 3.99. The molecule has 2 aliphatic rings. The summed E-state index contributed by atoms with van der Waals surface area (Å²) in [6.45, 7) is 10.7. The first-order valence-electron chi connectivity index (χ1n) is 11.0. The highest BCUT2D eigenvalue weighted by molar-refractivity contribution is 5.70. The highest BCUT2D eigenvalue weighted by Gasteiger charge is 2.31. The first-order chi connectivity index (χ1) is 15.2. The van der Waals surface area contributed by atoms with E-state index in [-0.39, 0.29) is 12.1 Å². The number of rotatable bonds is 3. The molecule has 32 heavy (non-hydrogen) atoms. The summed E-state index contributed by atoms with van der Waals surface area (Å²) in [5.74, 6) is 1.47. The van der Waals surface area contributed by atoms with Crippen LogP contribution in [0.5, 0.6) is 0 Å². The van der Waals surface area contributed by atoms with Crippen molar-refractivity contribution in [2.45, 2.75) is 52.3 Å². The normalized spacial score (nSPS) is 18.8. The van der Waals surface area contributed by atoms with Gasteiger partial charge in [-0.15, -0.1) is 0 Å². The van der Waals surface area contributed by atoms with Gasteiger partial charge in [-0.25, -0.2) is 14.8 Å². The maximum atomic E-state index is 12.7. The largest absolute Gasteiger partial charge is 0.761 e. The molecule has 3 heterocycles. The zero-order valence-corrected chi connectivity index (χ0v) is 19.1. The van der Waals surface area contributed by atoms with E-state index in [2.05, 4.69) is 11.8 Å². The van der Waals surface area contributed by atoms with Gasteiger partial charge in [0.1, 0.15) is 11.4 Å². The molecule has 1 aromatic carbocycles. The van der Waals surface area contributed by atoms with Crippen LogP contribution in [0.25, 0.3) is 11.4 Å². The monoisotopic (exact) mass is 440 g/mol. The summed E-state index contributed by atoms with van der Waals surface area (Å²) in [4.78, 5) is 26.4. The number of hydrogen-bond acceptors (Lipinski definition) is 8. The minimum Gasteiger partial charge on any atom is -0.761 e. The molecule has 0 aliphatic carbocycles. The van der Waals surface area contributed by atoms with Crippen molar-refractivity contribution in [1.82, 2.24) is 14.9 Å². The molecular formula is C23H30N5O4-. The lowest BCUT2D eigenvalue weighted by atomic mass is 10.0. The highest BCUT2D eigenvalue weighted by atomic mass is 16.6. The summed E-state index contributed by atoms with van der Waals surface area (Å²) in [6, 6.07) is 7.24. The zero-order chi connectivity index (χ0) is 22.9. The van der Waals surface area contributed by atoms with Crippen LogP contribution in [0, 0.1) is 5.21 Å². The van der Waals surface area contributed by atoms with Crippen molar-refractivity contribution in [3.63, 3.8) is 0 Å². The van der Waals surface area contributed by atoms with E-state index in [1.807, 2.05) is 38.4 Å². The van der Waals surface area contributed by atoms with Gasteiger partial charge >= 0.3 is 6.09 Å². The molecule has 4 rings (SSSR count). The maximum absolute atomic E-state index is 12.7. The molecule has 1 N–H and O–H groups in total. The second kappa shape index (κ2) is 8.91. The molecule has 2 aromatic rings. The van der Waals surface area contributed by atoms with E-state index in [0.29, 0.717) is 44.2 Å². The van der Waals surface area contributed by atoms with Crippen LogP contribution in [-0.2, 0) is 22.4 Å². The molecule has 1 aromatic heterocycles. The van der Waals surface area contributed by atoms with Crippen LogP contribution in [0.3, 0.4) is 0 Å². The number of hydrogen-bond donors (Lipinski definition) is 1. The van der Waals surface area contributed by atoms with Gasteiger partial charge < -0.3 is 30.0 Å². The minimum atomic E-state index is -0.556. The summed E-state index contributed by atoms with van der Waals surface area (Å²) in [5.41, 5.74) is 4.52. The lowest BCUT2D eigenvalue weighted by Crippen LogP contribution is -2.46. The lowest BCUT2D eigenvalue weighted by molar-refractivity contribution is 0.0220. The van der Waals surface area contributed by atoms with Crippen LogP contribution in [0.15, 0.2) is 24.3 Å². The summed E-state index contributed by atoms with van der Waals surface area (Å²) in [7, 11) is 0. The minimum absolute atomic E-state index is 0.187. The lowest BCUT2D eigenvalue weighted by Gasteiger charge is -2.38. The Kier molecular flexibility index (Phi) is 6.21. The molecule has 0 saturated carbocycles. The third-order valence-corrected chi connectivity index (χ3v) is 5.60. The number of amides is 1. The molecular weight excluding hydrogens is 410 g/mol. The highest BCUT2D eigenvalue weighted by Crippen LogP contribution is 2.32. The van der Waals surface area contributed by atoms with Crippen LogP contribution >= 0.6 is 0 Å².